The molecule has 2 aromatic rings. The Kier molecular flexibility index (Phi) is 4.37. The summed E-state index contributed by atoms with van der Waals surface area (Å²) in [5.74, 6) is 1.31. The highest BCUT2D eigenvalue weighted by molar-refractivity contribution is 9.11. The first-order valence-electron chi connectivity index (χ1n) is 5.38. The molecule has 0 aliphatic carbocycles. The van der Waals surface area contributed by atoms with E-state index in [0.717, 1.165) is 25.8 Å². The molecule has 2 rings (SSSR count). The topological polar surface area (TPSA) is 48.1 Å². The van der Waals surface area contributed by atoms with E-state index >= 15 is 0 Å². The number of pyridine rings is 1. The highest BCUT2D eigenvalue weighted by Crippen LogP contribution is 2.31. The fraction of sp³-hybridized carbons (Fsp3) is 0.154. The zero-order valence-electron chi connectivity index (χ0n) is 9.78. The van der Waals surface area contributed by atoms with E-state index in [2.05, 4.69) is 36.8 Å². The van der Waals surface area contributed by atoms with Crippen molar-refractivity contribution in [1.82, 2.24) is 4.98 Å². The van der Waals surface area contributed by atoms with Gasteiger partial charge in [-0.3, -0.25) is 0 Å². The van der Waals surface area contributed by atoms with Crippen LogP contribution >= 0.6 is 31.9 Å². The molecule has 0 saturated heterocycles. The SMILES string of the molecule is Cc1ccc(CN)cc1Oc1ncc(Br)cc1Br. The van der Waals surface area contributed by atoms with Crippen LogP contribution in [0.2, 0.25) is 0 Å². The first-order valence-corrected chi connectivity index (χ1v) is 6.97. The Hall–Kier alpha value is -0.910. The maximum Gasteiger partial charge on any atom is 0.233 e. The van der Waals surface area contributed by atoms with Crippen molar-refractivity contribution in [1.29, 1.82) is 0 Å². The first-order chi connectivity index (χ1) is 8.60. The Bertz CT molecular complexity index is 573. The van der Waals surface area contributed by atoms with Gasteiger partial charge in [0.05, 0.1) is 4.47 Å². The third-order valence-corrected chi connectivity index (χ3v) is 3.47. The summed E-state index contributed by atoms with van der Waals surface area (Å²) in [7, 11) is 0. The van der Waals surface area contributed by atoms with Gasteiger partial charge in [-0.25, -0.2) is 4.98 Å². The van der Waals surface area contributed by atoms with Crippen molar-refractivity contribution in [2.24, 2.45) is 5.73 Å². The molecule has 0 bridgehead atoms. The molecule has 94 valence electrons. The van der Waals surface area contributed by atoms with E-state index in [-0.39, 0.29) is 0 Å². The van der Waals surface area contributed by atoms with E-state index in [4.69, 9.17) is 10.5 Å². The molecule has 18 heavy (non-hydrogen) atoms. The van der Waals surface area contributed by atoms with Crippen LogP contribution in [-0.2, 0) is 6.54 Å². The van der Waals surface area contributed by atoms with Crippen molar-refractivity contribution >= 4 is 31.9 Å². The molecule has 0 amide bonds. The third kappa shape index (κ3) is 3.10. The van der Waals surface area contributed by atoms with Gasteiger partial charge in [0.1, 0.15) is 5.75 Å². The molecule has 1 aromatic carbocycles. The maximum absolute atomic E-state index is 5.80. The van der Waals surface area contributed by atoms with Gasteiger partial charge >= 0.3 is 0 Å². The van der Waals surface area contributed by atoms with Crippen LogP contribution in [0.4, 0.5) is 0 Å². The molecule has 2 N–H and O–H groups in total. The van der Waals surface area contributed by atoms with Crippen LogP contribution in [0.3, 0.4) is 0 Å². The summed E-state index contributed by atoms with van der Waals surface area (Å²) in [6.07, 6.45) is 1.70. The van der Waals surface area contributed by atoms with Gasteiger partial charge in [-0.05, 0) is 62.0 Å². The normalized spacial score (nSPS) is 10.4. The lowest BCUT2D eigenvalue weighted by Crippen LogP contribution is -1.98. The van der Waals surface area contributed by atoms with Gasteiger partial charge < -0.3 is 10.5 Å². The standard InChI is InChI=1S/C13H12Br2N2O/c1-8-2-3-9(6-16)4-12(8)18-13-11(15)5-10(14)7-17-13/h2-5,7H,6,16H2,1H3. The number of benzene rings is 1. The number of halogens is 2. The number of hydrogen-bond acceptors (Lipinski definition) is 3. The molecule has 0 atom stereocenters. The summed E-state index contributed by atoms with van der Waals surface area (Å²) in [5.41, 5.74) is 7.70. The van der Waals surface area contributed by atoms with E-state index < -0.39 is 0 Å². The summed E-state index contributed by atoms with van der Waals surface area (Å²) < 4.78 is 7.50. The summed E-state index contributed by atoms with van der Waals surface area (Å²) in [4.78, 5) is 4.22. The number of nitrogens with zero attached hydrogens (tertiary/aromatic N) is 1. The largest absolute Gasteiger partial charge is 0.438 e. The van der Waals surface area contributed by atoms with Gasteiger partial charge in [0, 0.05) is 17.2 Å². The van der Waals surface area contributed by atoms with Gasteiger partial charge in [-0.15, -0.1) is 0 Å². The molecule has 0 aliphatic heterocycles. The Labute approximate surface area is 123 Å². The number of aromatic nitrogens is 1. The molecule has 1 heterocycles. The van der Waals surface area contributed by atoms with Crippen LogP contribution < -0.4 is 10.5 Å². The maximum atomic E-state index is 5.80. The molecule has 1 aromatic heterocycles. The van der Waals surface area contributed by atoms with Gasteiger partial charge in [0.25, 0.3) is 0 Å². The molecule has 0 unspecified atom stereocenters. The number of aryl methyl sites for hydroxylation is 1. The second-order valence-corrected chi connectivity index (χ2v) is 5.62. The lowest BCUT2D eigenvalue weighted by Gasteiger charge is -2.10. The first kappa shape index (κ1) is 13.5. The van der Waals surface area contributed by atoms with E-state index in [0.29, 0.717) is 12.4 Å². The molecular weight excluding hydrogens is 360 g/mol. The highest BCUT2D eigenvalue weighted by atomic mass is 79.9. The number of hydrogen-bond donors (Lipinski definition) is 1. The summed E-state index contributed by atoms with van der Waals surface area (Å²) >= 11 is 6.78. The lowest BCUT2D eigenvalue weighted by molar-refractivity contribution is 0.455. The van der Waals surface area contributed by atoms with Crippen LogP contribution in [-0.4, -0.2) is 4.98 Å². The summed E-state index contributed by atoms with van der Waals surface area (Å²) in [5, 5.41) is 0. The number of ether oxygens (including phenoxy) is 1. The fourth-order valence-electron chi connectivity index (χ4n) is 1.46. The van der Waals surface area contributed by atoms with E-state index in [1.54, 1.807) is 6.20 Å². The Morgan fingerprint density at radius 2 is 2.06 bits per heavy atom. The number of rotatable bonds is 3. The molecule has 5 heteroatoms. The van der Waals surface area contributed by atoms with Crippen LogP contribution in [0, 0.1) is 6.92 Å². The Morgan fingerprint density at radius 3 is 2.72 bits per heavy atom. The predicted octanol–water partition coefficient (Wildman–Crippen LogP) is 4.17. The second kappa shape index (κ2) is 5.82. The molecule has 0 aliphatic rings. The summed E-state index contributed by atoms with van der Waals surface area (Å²) in [6.45, 7) is 2.48. The van der Waals surface area contributed by atoms with Gasteiger partial charge in [-0.2, -0.15) is 0 Å². The van der Waals surface area contributed by atoms with Gasteiger partial charge in [-0.1, -0.05) is 12.1 Å². The molecule has 3 nitrogen and oxygen atoms in total. The second-order valence-electron chi connectivity index (χ2n) is 3.85. The van der Waals surface area contributed by atoms with Crippen LogP contribution in [0.15, 0.2) is 39.4 Å². The zero-order chi connectivity index (χ0) is 13.1. The average molecular weight is 372 g/mol. The molecule has 0 spiro atoms. The van der Waals surface area contributed by atoms with E-state index in [1.165, 1.54) is 0 Å². The lowest BCUT2D eigenvalue weighted by atomic mass is 10.1. The monoisotopic (exact) mass is 370 g/mol. The van der Waals surface area contributed by atoms with Crippen molar-refractivity contribution < 1.29 is 4.74 Å². The van der Waals surface area contributed by atoms with E-state index in [1.807, 2.05) is 31.2 Å². The van der Waals surface area contributed by atoms with E-state index in [9.17, 15) is 0 Å². The fourth-order valence-corrected chi connectivity index (χ4v) is 2.53. The third-order valence-electron chi connectivity index (χ3n) is 2.47. The average Bonchev–Trinajstić information content (AvgIpc) is 2.35. The minimum Gasteiger partial charge on any atom is -0.438 e. The number of nitrogens with two attached hydrogens (primary N) is 1. The Balaban J connectivity index is 2.33. The van der Waals surface area contributed by atoms with Crippen molar-refractivity contribution in [3.63, 3.8) is 0 Å². The van der Waals surface area contributed by atoms with Crippen LogP contribution in [0.1, 0.15) is 11.1 Å². The molecule has 0 fully saturated rings. The minimum absolute atomic E-state index is 0.492. The Morgan fingerprint density at radius 1 is 1.28 bits per heavy atom. The molecular formula is C13H12Br2N2O. The minimum atomic E-state index is 0.492. The van der Waals surface area contributed by atoms with Gasteiger partial charge in [0.15, 0.2) is 0 Å². The highest BCUT2D eigenvalue weighted by Gasteiger charge is 2.07. The predicted molar refractivity (Wildman–Crippen MR) is 78.8 cm³/mol. The van der Waals surface area contributed by atoms with Crippen molar-refractivity contribution in [3.05, 3.63) is 50.5 Å². The van der Waals surface area contributed by atoms with Crippen LogP contribution in [0.5, 0.6) is 11.6 Å². The van der Waals surface area contributed by atoms with Crippen LogP contribution in [0.25, 0.3) is 0 Å². The quantitative estimate of drug-likeness (QED) is 0.880. The van der Waals surface area contributed by atoms with Gasteiger partial charge in [0.2, 0.25) is 5.88 Å². The zero-order valence-corrected chi connectivity index (χ0v) is 13.0. The smallest absolute Gasteiger partial charge is 0.233 e. The van der Waals surface area contributed by atoms with Crippen molar-refractivity contribution in [2.75, 3.05) is 0 Å². The van der Waals surface area contributed by atoms with Crippen molar-refractivity contribution in [2.45, 2.75) is 13.5 Å². The molecule has 0 saturated carbocycles. The van der Waals surface area contributed by atoms with Crippen molar-refractivity contribution in [3.8, 4) is 11.6 Å². The molecule has 0 radical (unpaired) electrons. The summed E-state index contributed by atoms with van der Waals surface area (Å²) in [6, 6.07) is 7.81.